The second-order valence-corrected chi connectivity index (χ2v) is 5.37. The molecule has 0 aliphatic heterocycles. The summed E-state index contributed by atoms with van der Waals surface area (Å²) < 4.78 is 0. The molecular formula is C16H19N3O. The zero-order valence-corrected chi connectivity index (χ0v) is 12.0. The van der Waals surface area contributed by atoms with Gasteiger partial charge in [0.25, 0.3) is 0 Å². The summed E-state index contributed by atoms with van der Waals surface area (Å²) in [5.41, 5.74) is 7.13. The van der Waals surface area contributed by atoms with Crippen molar-refractivity contribution < 1.29 is 4.79 Å². The van der Waals surface area contributed by atoms with Gasteiger partial charge in [0.05, 0.1) is 29.2 Å². The Bertz CT molecular complexity index is 593. The van der Waals surface area contributed by atoms with Gasteiger partial charge in [-0.2, -0.15) is 0 Å². The first kappa shape index (κ1) is 14.2. The zero-order chi connectivity index (χ0) is 14.8. The molecule has 1 aromatic carbocycles. The topological polar surface area (TPSA) is 68.9 Å². The Labute approximate surface area is 119 Å². The molecule has 0 saturated heterocycles. The van der Waals surface area contributed by atoms with Crippen molar-refractivity contribution in [1.82, 2.24) is 9.97 Å². The van der Waals surface area contributed by atoms with Crippen LogP contribution in [0.5, 0.6) is 0 Å². The van der Waals surface area contributed by atoms with Crippen molar-refractivity contribution in [1.29, 1.82) is 0 Å². The van der Waals surface area contributed by atoms with E-state index in [-0.39, 0.29) is 11.8 Å². The van der Waals surface area contributed by atoms with Crippen LogP contribution in [0.2, 0.25) is 0 Å². The molecule has 2 aromatic rings. The summed E-state index contributed by atoms with van der Waals surface area (Å²) in [7, 11) is 0. The maximum absolute atomic E-state index is 11.8. The van der Waals surface area contributed by atoms with Gasteiger partial charge in [-0.3, -0.25) is 14.8 Å². The van der Waals surface area contributed by atoms with Crippen LogP contribution in [0.1, 0.15) is 26.5 Å². The lowest BCUT2D eigenvalue weighted by Gasteiger charge is -2.29. The van der Waals surface area contributed by atoms with Gasteiger partial charge >= 0.3 is 0 Å². The van der Waals surface area contributed by atoms with Crippen LogP contribution in [0.3, 0.4) is 0 Å². The number of hydrogen-bond acceptors (Lipinski definition) is 3. The van der Waals surface area contributed by atoms with Gasteiger partial charge in [-0.15, -0.1) is 0 Å². The summed E-state index contributed by atoms with van der Waals surface area (Å²) in [5.74, 6) is -0.328. The highest BCUT2D eigenvalue weighted by atomic mass is 16.1. The molecule has 0 radical (unpaired) electrons. The number of nitrogens with zero attached hydrogens (tertiary/aromatic N) is 2. The average molecular weight is 269 g/mol. The standard InChI is InChI=1S/C16H19N3O/c1-11(2)16(3,15(17)20)14-10-18-13(9-19-14)12-7-5-4-6-8-12/h4-11H,1-3H3,(H2,17,20). The molecule has 4 nitrogen and oxygen atoms in total. The van der Waals surface area contributed by atoms with Crippen molar-refractivity contribution in [3.63, 3.8) is 0 Å². The van der Waals surface area contributed by atoms with Gasteiger partial charge in [0.2, 0.25) is 5.91 Å². The van der Waals surface area contributed by atoms with Crippen LogP contribution in [-0.2, 0) is 10.2 Å². The Hall–Kier alpha value is -2.23. The quantitative estimate of drug-likeness (QED) is 0.927. The fourth-order valence-corrected chi connectivity index (χ4v) is 2.06. The van der Waals surface area contributed by atoms with E-state index in [9.17, 15) is 4.79 Å². The first-order chi connectivity index (χ1) is 9.46. The lowest BCUT2D eigenvalue weighted by Crippen LogP contribution is -2.43. The summed E-state index contributed by atoms with van der Waals surface area (Å²) in [6.45, 7) is 5.72. The van der Waals surface area contributed by atoms with Gasteiger partial charge in [0.15, 0.2) is 0 Å². The SMILES string of the molecule is CC(C)C(C)(C(N)=O)c1cnc(-c2ccccc2)cn1. The smallest absolute Gasteiger partial charge is 0.229 e. The minimum absolute atomic E-state index is 0.0527. The lowest BCUT2D eigenvalue weighted by molar-refractivity contribution is -0.124. The van der Waals surface area contributed by atoms with Gasteiger partial charge in [0.1, 0.15) is 0 Å². The molecule has 1 amide bonds. The van der Waals surface area contributed by atoms with Crippen molar-refractivity contribution >= 4 is 5.91 Å². The fourth-order valence-electron chi connectivity index (χ4n) is 2.06. The van der Waals surface area contributed by atoms with E-state index in [2.05, 4.69) is 9.97 Å². The lowest BCUT2D eigenvalue weighted by atomic mass is 9.76. The molecule has 4 heteroatoms. The monoisotopic (exact) mass is 269 g/mol. The van der Waals surface area contributed by atoms with Crippen molar-refractivity contribution in [2.24, 2.45) is 11.7 Å². The Balaban J connectivity index is 2.40. The van der Waals surface area contributed by atoms with Gasteiger partial charge in [0, 0.05) is 5.56 Å². The Morgan fingerprint density at radius 2 is 1.80 bits per heavy atom. The number of hydrogen-bond donors (Lipinski definition) is 1. The van der Waals surface area contributed by atoms with E-state index in [0.717, 1.165) is 11.3 Å². The van der Waals surface area contributed by atoms with E-state index in [4.69, 9.17) is 5.73 Å². The van der Waals surface area contributed by atoms with Crippen molar-refractivity contribution in [3.8, 4) is 11.3 Å². The minimum atomic E-state index is -0.803. The molecule has 1 aromatic heterocycles. The summed E-state index contributed by atoms with van der Waals surface area (Å²) in [5, 5.41) is 0. The highest BCUT2D eigenvalue weighted by Gasteiger charge is 2.38. The molecule has 20 heavy (non-hydrogen) atoms. The Morgan fingerprint density at radius 1 is 1.15 bits per heavy atom. The molecule has 1 unspecified atom stereocenters. The van der Waals surface area contributed by atoms with Gasteiger partial charge in [-0.1, -0.05) is 44.2 Å². The maximum Gasteiger partial charge on any atom is 0.229 e. The van der Waals surface area contributed by atoms with Crippen LogP contribution >= 0.6 is 0 Å². The second-order valence-electron chi connectivity index (χ2n) is 5.37. The van der Waals surface area contributed by atoms with E-state index in [1.54, 1.807) is 12.4 Å². The number of primary amides is 1. The molecule has 0 aliphatic rings. The van der Waals surface area contributed by atoms with Crippen molar-refractivity contribution in [2.45, 2.75) is 26.2 Å². The number of carbonyl (C=O) groups is 1. The van der Waals surface area contributed by atoms with Crippen LogP contribution in [0.15, 0.2) is 42.7 Å². The summed E-state index contributed by atoms with van der Waals surface area (Å²) >= 11 is 0. The molecule has 0 spiro atoms. The molecule has 0 aliphatic carbocycles. The number of nitrogens with two attached hydrogens (primary N) is 1. The third-order valence-corrected chi connectivity index (χ3v) is 3.92. The predicted molar refractivity (Wildman–Crippen MR) is 78.9 cm³/mol. The third-order valence-electron chi connectivity index (χ3n) is 3.92. The molecule has 1 heterocycles. The third kappa shape index (κ3) is 2.41. The Kier molecular flexibility index (Phi) is 3.84. The number of carbonyl (C=O) groups excluding carboxylic acids is 1. The molecule has 1 atom stereocenters. The van der Waals surface area contributed by atoms with Crippen molar-refractivity contribution in [2.75, 3.05) is 0 Å². The number of amides is 1. The van der Waals surface area contributed by atoms with E-state index < -0.39 is 5.41 Å². The van der Waals surface area contributed by atoms with Gasteiger partial charge in [-0.25, -0.2) is 0 Å². The molecule has 104 valence electrons. The summed E-state index contributed by atoms with van der Waals surface area (Å²) in [4.78, 5) is 20.6. The molecule has 2 rings (SSSR count). The summed E-state index contributed by atoms with van der Waals surface area (Å²) in [6, 6.07) is 9.80. The first-order valence-corrected chi connectivity index (χ1v) is 6.64. The second kappa shape index (κ2) is 5.41. The molecule has 0 saturated carbocycles. The number of benzene rings is 1. The van der Waals surface area contributed by atoms with Crippen LogP contribution < -0.4 is 5.73 Å². The van der Waals surface area contributed by atoms with Crippen LogP contribution in [-0.4, -0.2) is 15.9 Å². The minimum Gasteiger partial charge on any atom is -0.369 e. The van der Waals surface area contributed by atoms with Crippen LogP contribution in [0.4, 0.5) is 0 Å². The van der Waals surface area contributed by atoms with E-state index in [0.29, 0.717) is 5.69 Å². The Morgan fingerprint density at radius 3 is 2.25 bits per heavy atom. The van der Waals surface area contributed by atoms with E-state index in [1.165, 1.54) is 0 Å². The maximum atomic E-state index is 11.8. The molecule has 2 N–H and O–H groups in total. The van der Waals surface area contributed by atoms with E-state index in [1.807, 2.05) is 51.1 Å². The van der Waals surface area contributed by atoms with Crippen LogP contribution in [0, 0.1) is 5.92 Å². The van der Waals surface area contributed by atoms with Gasteiger partial charge < -0.3 is 5.73 Å². The van der Waals surface area contributed by atoms with Crippen LogP contribution in [0.25, 0.3) is 11.3 Å². The zero-order valence-electron chi connectivity index (χ0n) is 12.0. The molecule has 0 fully saturated rings. The van der Waals surface area contributed by atoms with E-state index >= 15 is 0 Å². The first-order valence-electron chi connectivity index (χ1n) is 6.64. The largest absolute Gasteiger partial charge is 0.369 e. The number of aromatic nitrogens is 2. The summed E-state index contributed by atoms with van der Waals surface area (Å²) in [6.07, 6.45) is 3.33. The molecule has 0 bridgehead atoms. The van der Waals surface area contributed by atoms with Gasteiger partial charge in [-0.05, 0) is 12.8 Å². The highest BCUT2D eigenvalue weighted by molar-refractivity contribution is 5.86. The highest BCUT2D eigenvalue weighted by Crippen LogP contribution is 2.30. The number of rotatable bonds is 4. The molecular weight excluding hydrogens is 250 g/mol. The average Bonchev–Trinajstić information content (AvgIpc) is 2.47. The fraction of sp³-hybridized carbons (Fsp3) is 0.312. The normalized spacial score (nSPS) is 14.0. The predicted octanol–water partition coefficient (Wildman–Crippen LogP) is 2.54. The van der Waals surface area contributed by atoms with Crippen molar-refractivity contribution in [3.05, 3.63) is 48.4 Å².